The summed E-state index contributed by atoms with van der Waals surface area (Å²) in [5.74, 6) is -2.76. The maximum Gasteiger partial charge on any atom is 0.408 e. The summed E-state index contributed by atoms with van der Waals surface area (Å²) in [6.45, 7) is 17.6. The van der Waals surface area contributed by atoms with Crippen molar-refractivity contribution < 1.29 is 38.6 Å². The van der Waals surface area contributed by atoms with Crippen LogP contribution < -0.4 is 16.4 Å². The number of hydrogen-bond donors (Lipinski definition) is 4. The van der Waals surface area contributed by atoms with E-state index >= 15 is 0 Å². The van der Waals surface area contributed by atoms with Crippen LogP contribution in [0.4, 0.5) is 4.79 Å². The first-order valence-electron chi connectivity index (χ1n) is 17.0. The second kappa shape index (κ2) is 17.9. The van der Waals surface area contributed by atoms with Crippen LogP contribution in [0, 0.1) is 12.8 Å². The molecule has 276 valence electrons. The lowest BCUT2D eigenvalue weighted by Gasteiger charge is -2.39. The van der Waals surface area contributed by atoms with Crippen molar-refractivity contribution in [2.75, 3.05) is 0 Å². The van der Waals surface area contributed by atoms with Crippen LogP contribution in [0.2, 0.25) is 0 Å². The van der Waals surface area contributed by atoms with Crippen LogP contribution >= 0.6 is 0 Å². The quantitative estimate of drug-likeness (QED) is 0.183. The van der Waals surface area contributed by atoms with E-state index in [4.69, 9.17) is 15.2 Å². The molecule has 5 N–H and O–H groups in total. The van der Waals surface area contributed by atoms with Gasteiger partial charge in [0, 0.05) is 12.5 Å². The number of alkyl carbamates (subject to hydrolysis) is 1. The Hall–Kier alpha value is -4.61. The van der Waals surface area contributed by atoms with Crippen LogP contribution in [0.15, 0.2) is 48.5 Å². The zero-order valence-corrected chi connectivity index (χ0v) is 31.2. The van der Waals surface area contributed by atoms with Crippen LogP contribution in [0.25, 0.3) is 0 Å². The SMILES string of the molecule is Cc1cc(C(C(=O)NC(Cc2ccccc2)C(=O)OC(C)(C)C)N(C(=O)C(CC(N)=O)NC(=O)OC(C)(C)C)C(C)CCC(C)C)ccc1O. The lowest BCUT2D eigenvalue weighted by Crippen LogP contribution is -2.57. The number of carbonyl (C=O) groups excluding carboxylic acids is 5. The van der Waals surface area contributed by atoms with Crippen molar-refractivity contribution in [1.29, 1.82) is 0 Å². The molecule has 50 heavy (non-hydrogen) atoms. The molecule has 0 saturated carbocycles. The first-order chi connectivity index (χ1) is 23.1. The molecule has 4 amide bonds. The Kier molecular flexibility index (Phi) is 14.9. The van der Waals surface area contributed by atoms with Gasteiger partial charge < -0.3 is 35.8 Å². The van der Waals surface area contributed by atoms with Crippen molar-refractivity contribution in [2.45, 2.75) is 130 Å². The predicted octanol–water partition coefficient (Wildman–Crippen LogP) is 5.23. The van der Waals surface area contributed by atoms with E-state index in [0.29, 0.717) is 24.0 Å². The van der Waals surface area contributed by atoms with Gasteiger partial charge >= 0.3 is 12.1 Å². The largest absolute Gasteiger partial charge is 0.508 e. The van der Waals surface area contributed by atoms with Crippen molar-refractivity contribution in [1.82, 2.24) is 15.5 Å². The number of esters is 1. The third kappa shape index (κ3) is 13.7. The van der Waals surface area contributed by atoms with E-state index in [-0.39, 0.29) is 18.1 Å². The van der Waals surface area contributed by atoms with Gasteiger partial charge in [0.15, 0.2) is 0 Å². The molecule has 0 bridgehead atoms. The highest BCUT2D eigenvalue weighted by Gasteiger charge is 2.41. The van der Waals surface area contributed by atoms with E-state index in [1.807, 2.05) is 44.2 Å². The van der Waals surface area contributed by atoms with Gasteiger partial charge in [-0.25, -0.2) is 9.59 Å². The molecule has 0 fully saturated rings. The average molecular weight is 697 g/mol. The second-order valence-corrected chi connectivity index (χ2v) is 15.2. The molecule has 0 aliphatic rings. The standard InChI is InChI=1S/C38H56N4O8/c1-23(2)16-17-25(4)42(34(46)28(22-31(39)44)41-36(48)50-38(8,9)10)32(27-18-19-30(43)24(3)20-27)33(45)40-29(35(47)49-37(5,6)7)21-26-14-12-11-13-15-26/h11-15,18-20,23,25,28-29,32,43H,16-17,21-22H2,1-10H3,(H2,39,44)(H,40,45)(H,41,48). The van der Waals surface area contributed by atoms with Crippen LogP contribution in [0.1, 0.15) is 104 Å². The molecule has 0 radical (unpaired) electrons. The topological polar surface area (TPSA) is 177 Å². The average Bonchev–Trinajstić information content (AvgIpc) is 2.97. The Bertz CT molecular complexity index is 1480. The highest BCUT2D eigenvalue weighted by molar-refractivity contribution is 5.96. The Morgan fingerprint density at radius 3 is 1.96 bits per heavy atom. The molecule has 0 heterocycles. The number of primary amides is 1. The fraction of sp³-hybridized carbons (Fsp3) is 0.553. The summed E-state index contributed by atoms with van der Waals surface area (Å²) in [5, 5.41) is 15.7. The molecule has 0 saturated heterocycles. The molecule has 2 aromatic rings. The van der Waals surface area contributed by atoms with Gasteiger partial charge in [0.05, 0.1) is 6.42 Å². The van der Waals surface area contributed by atoms with Gasteiger partial charge in [0.25, 0.3) is 0 Å². The normalized spacial score (nSPS) is 14.1. The molecule has 0 aliphatic heterocycles. The van der Waals surface area contributed by atoms with Crippen LogP contribution in [0.5, 0.6) is 5.75 Å². The fourth-order valence-electron chi connectivity index (χ4n) is 5.30. The summed E-state index contributed by atoms with van der Waals surface area (Å²) in [6.07, 6.45) is -0.268. The molecular formula is C38H56N4O8. The lowest BCUT2D eigenvalue weighted by atomic mass is 9.95. The zero-order valence-electron chi connectivity index (χ0n) is 31.2. The summed E-state index contributed by atoms with van der Waals surface area (Å²) >= 11 is 0. The molecule has 2 aromatic carbocycles. The lowest BCUT2D eigenvalue weighted by molar-refractivity contribution is -0.159. The van der Waals surface area contributed by atoms with Gasteiger partial charge in [-0.3, -0.25) is 14.4 Å². The highest BCUT2D eigenvalue weighted by atomic mass is 16.6. The second-order valence-electron chi connectivity index (χ2n) is 15.2. The zero-order chi connectivity index (χ0) is 38.0. The third-order valence-corrected chi connectivity index (χ3v) is 7.64. The summed E-state index contributed by atoms with van der Waals surface area (Å²) in [6, 6.07) is 9.03. The number of aryl methyl sites for hydroxylation is 1. The minimum atomic E-state index is -1.48. The third-order valence-electron chi connectivity index (χ3n) is 7.64. The Morgan fingerprint density at radius 1 is 0.840 bits per heavy atom. The summed E-state index contributed by atoms with van der Waals surface area (Å²) in [4.78, 5) is 69.4. The number of benzene rings is 2. The number of amides is 4. The number of nitrogens with zero attached hydrogens (tertiary/aromatic N) is 1. The van der Waals surface area contributed by atoms with Gasteiger partial charge in [-0.15, -0.1) is 0 Å². The molecule has 0 aromatic heterocycles. The van der Waals surface area contributed by atoms with E-state index in [0.717, 1.165) is 5.56 Å². The number of phenols is 1. The van der Waals surface area contributed by atoms with Gasteiger partial charge in [0.2, 0.25) is 17.7 Å². The minimum Gasteiger partial charge on any atom is -0.508 e. The van der Waals surface area contributed by atoms with Crippen molar-refractivity contribution in [2.24, 2.45) is 11.7 Å². The molecule has 0 aliphatic carbocycles. The summed E-state index contributed by atoms with van der Waals surface area (Å²) in [7, 11) is 0. The molecule has 12 heteroatoms. The van der Waals surface area contributed by atoms with E-state index in [1.54, 1.807) is 61.5 Å². The van der Waals surface area contributed by atoms with E-state index in [2.05, 4.69) is 10.6 Å². The first-order valence-corrected chi connectivity index (χ1v) is 17.0. The van der Waals surface area contributed by atoms with E-state index in [1.165, 1.54) is 17.0 Å². The molecule has 12 nitrogen and oxygen atoms in total. The van der Waals surface area contributed by atoms with Gasteiger partial charge in [0.1, 0.15) is 35.1 Å². The first kappa shape index (κ1) is 41.6. The van der Waals surface area contributed by atoms with Crippen molar-refractivity contribution >= 4 is 29.8 Å². The number of nitrogens with two attached hydrogens (primary N) is 1. The smallest absolute Gasteiger partial charge is 0.408 e. The molecule has 4 atom stereocenters. The Morgan fingerprint density at radius 2 is 1.44 bits per heavy atom. The number of ether oxygens (including phenoxy) is 2. The van der Waals surface area contributed by atoms with Crippen molar-refractivity contribution in [3.05, 3.63) is 65.2 Å². The number of rotatable bonds is 15. The molecular weight excluding hydrogens is 640 g/mol. The fourth-order valence-corrected chi connectivity index (χ4v) is 5.30. The number of aromatic hydroxyl groups is 1. The molecule has 0 spiro atoms. The van der Waals surface area contributed by atoms with E-state index < -0.39 is 71.6 Å². The van der Waals surface area contributed by atoms with Crippen LogP contribution in [-0.2, 0) is 35.1 Å². The predicted molar refractivity (Wildman–Crippen MR) is 191 cm³/mol. The Balaban J connectivity index is 2.76. The maximum absolute atomic E-state index is 14.7. The summed E-state index contributed by atoms with van der Waals surface area (Å²) in [5.41, 5.74) is 5.33. The molecule has 2 rings (SSSR count). The van der Waals surface area contributed by atoms with Crippen molar-refractivity contribution in [3.63, 3.8) is 0 Å². The van der Waals surface area contributed by atoms with E-state index in [9.17, 15) is 29.1 Å². The van der Waals surface area contributed by atoms with Gasteiger partial charge in [-0.05, 0) is 103 Å². The van der Waals surface area contributed by atoms with Crippen LogP contribution in [-0.4, -0.2) is 69.1 Å². The number of nitrogens with one attached hydrogen (secondary N) is 2. The highest BCUT2D eigenvalue weighted by Crippen LogP contribution is 2.31. The number of phenolic OH excluding ortho intramolecular Hbond substituents is 1. The number of hydrogen-bond acceptors (Lipinski definition) is 8. The minimum absolute atomic E-state index is 0.0208. The van der Waals surface area contributed by atoms with Gasteiger partial charge in [-0.1, -0.05) is 50.2 Å². The number of carbonyl (C=O) groups is 5. The van der Waals surface area contributed by atoms with Gasteiger partial charge in [-0.2, -0.15) is 0 Å². The van der Waals surface area contributed by atoms with Crippen molar-refractivity contribution in [3.8, 4) is 5.75 Å². The van der Waals surface area contributed by atoms with Crippen LogP contribution in [0.3, 0.4) is 0 Å². The monoisotopic (exact) mass is 696 g/mol. The molecule has 4 unspecified atom stereocenters. The maximum atomic E-state index is 14.7. The Labute approximate surface area is 296 Å². The summed E-state index contributed by atoms with van der Waals surface area (Å²) < 4.78 is 11.1.